The van der Waals surface area contributed by atoms with E-state index in [2.05, 4.69) is 0 Å². The summed E-state index contributed by atoms with van der Waals surface area (Å²) in [6, 6.07) is 2.63. The molecule has 2 rings (SSSR count). The van der Waals surface area contributed by atoms with Crippen LogP contribution >= 0.6 is 0 Å². The number of benzene rings is 2. The van der Waals surface area contributed by atoms with Crippen LogP contribution in [0.5, 0.6) is 11.5 Å². The second-order valence-corrected chi connectivity index (χ2v) is 6.73. The van der Waals surface area contributed by atoms with Crippen LogP contribution in [-0.4, -0.2) is 36.9 Å². The summed E-state index contributed by atoms with van der Waals surface area (Å²) in [6.07, 6.45) is 0. The Morgan fingerprint density at radius 2 is 1.00 bits per heavy atom. The van der Waals surface area contributed by atoms with Crippen LogP contribution in [0.1, 0.15) is 0 Å². The van der Waals surface area contributed by atoms with Gasteiger partial charge in [0, 0.05) is 0 Å². The summed E-state index contributed by atoms with van der Waals surface area (Å²) >= 11 is 0. The smallest absolute Gasteiger partial charge is 0.872 e. The van der Waals surface area contributed by atoms with E-state index in [1.807, 2.05) is 0 Å². The summed E-state index contributed by atoms with van der Waals surface area (Å²) in [5.74, 6) is -1.97. The number of hydrogen-bond acceptors (Lipinski definition) is 6. The van der Waals surface area contributed by atoms with Crippen LogP contribution < -0.4 is 69.3 Å². The second kappa shape index (κ2) is 9.66. The molecule has 6 N–H and O–H groups in total. The average molecular weight is 400 g/mol. The molecule has 0 aromatic heterocycles. The van der Waals surface area contributed by atoms with E-state index in [9.17, 15) is 27.0 Å². The SMILES string of the molecule is O.O.O=S(=O)(O)c1cc([O-])c2c([O-])cc(S(=O)(=O)O)cc2c1.[Na+].[Na+]. The Balaban J connectivity index is -0.00000110. The summed E-state index contributed by atoms with van der Waals surface area (Å²) in [4.78, 5) is -1.55. The van der Waals surface area contributed by atoms with Crippen molar-refractivity contribution in [1.29, 1.82) is 0 Å². The zero-order valence-corrected chi connectivity index (χ0v) is 18.1. The van der Waals surface area contributed by atoms with Crippen LogP contribution in [-0.2, 0) is 20.2 Å². The molecule has 10 nitrogen and oxygen atoms in total. The number of hydrogen-bond donors (Lipinski definition) is 2. The van der Waals surface area contributed by atoms with Gasteiger partial charge in [0.1, 0.15) is 0 Å². The van der Waals surface area contributed by atoms with Crippen LogP contribution in [0.15, 0.2) is 34.1 Å². The van der Waals surface area contributed by atoms with Gasteiger partial charge in [0.25, 0.3) is 20.2 Å². The zero-order chi connectivity index (χ0) is 15.3. The van der Waals surface area contributed by atoms with E-state index in [1.165, 1.54) is 0 Å². The molecule has 0 unspecified atom stereocenters. The molecule has 0 saturated carbocycles. The van der Waals surface area contributed by atoms with Gasteiger partial charge >= 0.3 is 59.1 Å². The van der Waals surface area contributed by atoms with Gasteiger partial charge in [-0.15, -0.1) is 11.5 Å². The molecule has 0 radical (unpaired) electrons. The van der Waals surface area contributed by atoms with Crippen LogP contribution in [0.2, 0.25) is 0 Å². The molecular formula is C10H10Na2O10S2. The van der Waals surface area contributed by atoms with Gasteiger partial charge in [0.05, 0.1) is 9.79 Å². The summed E-state index contributed by atoms with van der Waals surface area (Å²) < 4.78 is 61.6. The molecule has 0 saturated heterocycles. The third-order valence-electron chi connectivity index (χ3n) is 2.52. The molecule has 0 aliphatic heterocycles. The molecule has 0 fully saturated rings. The zero-order valence-electron chi connectivity index (χ0n) is 12.5. The van der Waals surface area contributed by atoms with Gasteiger partial charge in [-0.25, -0.2) is 0 Å². The van der Waals surface area contributed by atoms with Crippen LogP contribution in [0, 0.1) is 0 Å². The molecular weight excluding hydrogens is 390 g/mol. The van der Waals surface area contributed by atoms with E-state index < -0.39 is 46.9 Å². The van der Waals surface area contributed by atoms with E-state index in [0.29, 0.717) is 12.1 Å². The fourth-order valence-electron chi connectivity index (χ4n) is 1.68. The molecule has 0 atom stereocenters. The number of fused-ring (bicyclic) bond motifs is 1. The first-order chi connectivity index (χ1) is 9.00. The van der Waals surface area contributed by atoms with E-state index in [4.69, 9.17) is 9.11 Å². The molecule has 24 heavy (non-hydrogen) atoms. The first kappa shape index (κ1) is 28.8. The molecule has 0 aliphatic rings. The monoisotopic (exact) mass is 400 g/mol. The molecule has 0 amide bonds. The third-order valence-corrected chi connectivity index (χ3v) is 4.18. The topological polar surface area (TPSA) is 218 Å². The summed E-state index contributed by atoms with van der Waals surface area (Å²) in [7, 11) is -9.38. The molecule has 0 aliphatic carbocycles. The Labute approximate surface area is 181 Å². The predicted octanol–water partition coefficient (Wildman–Crippen LogP) is -8.16. The molecule has 124 valence electrons. The maximum Gasteiger partial charge on any atom is 1.00 e. The van der Waals surface area contributed by atoms with Crippen molar-refractivity contribution in [3.05, 3.63) is 24.3 Å². The summed E-state index contributed by atoms with van der Waals surface area (Å²) in [5.41, 5.74) is 0. The van der Waals surface area contributed by atoms with Crippen molar-refractivity contribution in [2.75, 3.05) is 0 Å². The van der Waals surface area contributed by atoms with E-state index in [1.54, 1.807) is 0 Å². The molecule has 0 bridgehead atoms. The van der Waals surface area contributed by atoms with Crippen molar-refractivity contribution in [3.8, 4) is 11.5 Å². The predicted molar refractivity (Wildman–Crippen MR) is 69.7 cm³/mol. The van der Waals surface area contributed by atoms with Crippen molar-refractivity contribution < 1.29 is 106 Å². The van der Waals surface area contributed by atoms with Gasteiger partial charge in [-0.2, -0.15) is 16.8 Å². The minimum atomic E-state index is -4.69. The summed E-state index contributed by atoms with van der Waals surface area (Å²) in [6.45, 7) is 0. The molecule has 0 spiro atoms. The van der Waals surface area contributed by atoms with Crippen molar-refractivity contribution in [1.82, 2.24) is 0 Å². The Bertz CT molecular complexity index is 852. The van der Waals surface area contributed by atoms with Gasteiger partial charge in [-0.3, -0.25) is 9.11 Å². The molecule has 2 aromatic carbocycles. The van der Waals surface area contributed by atoms with E-state index in [-0.39, 0.29) is 75.5 Å². The molecule has 2 aromatic rings. The Morgan fingerprint density at radius 3 is 1.25 bits per heavy atom. The quantitative estimate of drug-likeness (QED) is 0.363. The van der Waals surface area contributed by atoms with Crippen LogP contribution in [0.25, 0.3) is 10.8 Å². The largest absolute Gasteiger partial charge is 1.00 e. The van der Waals surface area contributed by atoms with Crippen LogP contribution in [0.3, 0.4) is 0 Å². The van der Waals surface area contributed by atoms with E-state index >= 15 is 0 Å². The second-order valence-electron chi connectivity index (χ2n) is 3.89. The fraction of sp³-hybridized carbons (Fsp3) is 0. The first-order valence-corrected chi connectivity index (χ1v) is 7.79. The number of rotatable bonds is 2. The normalized spacial score (nSPS) is 10.6. The van der Waals surface area contributed by atoms with Crippen molar-refractivity contribution >= 4 is 31.0 Å². The van der Waals surface area contributed by atoms with Gasteiger partial charge in [-0.1, -0.05) is 0 Å². The van der Waals surface area contributed by atoms with Gasteiger partial charge < -0.3 is 21.2 Å². The Kier molecular flexibility index (Phi) is 11.6. The van der Waals surface area contributed by atoms with Crippen molar-refractivity contribution in [2.45, 2.75) is 9.79 Å². The Morgan fingerprint density at radius 1 is 0.708 bits per heavy atom. The average Bonchev–Trinajstić information content (AvgIpc) is 2.25. The van der Waals surface area contributed by atoms with Crippen LogP contribution in [0.4, 0.5) is 0 Å². The maximum absolute atomic E-state index is 11.6. The fourth-order valence-corrected chi connectivity index (χ4v) is 2.75. The van der Waals surface area contributed by atoms with E-state index in [0.717, 1.165) is 12.1 Å². The third kappa shape index (κ3) is 6.09. The van der Waals surface area contributed by atoms with Crippen molar-refractivity contribution in [2.24, 2.45) is 0 Å². The summed E-state index contributed by atoms with van der Waals surface area (Å²) in [5, 5.41) is 22.5. The minimum absolute atomic E-state index is 0. The maximum atomic E-state index is 11.6. The molecule has 14 heteroatoms. The van der Waals surface area contributed by atoms with Gasteiger partial charge in [0.2, 0.25) is 0 Å². The standard InChI is InChI=1S/C10H8O8S2.2Na.2H2O/c11-8-3-6(19(13,14)15)1-5-2-7(20(16,17)18)4-9(12)10(5)8;;;;/h1-4,11-12H,(H,13,14,15)(H,16,17,18);;;2*1H2/q;2*+1;;/p-2. The first-order valence-electron chi connectivity index (χ1n) is 4.91. The molecule has 0 heterocycles. The van der Waals surface area contributed by atoms with Gasteiger partial charge in [-0.05, 0) is 35.0 Å². The minimum Gasteiger partial charge on any atom is -0.872 e. The van der Waals surface area contributed by atoms with Gasteiger partial charge in [0.15, 0.2) is 0 Å². The Hall–Kier alpha value is 0.0400. The van der Waals surface area contributed by atoms with Crippen molar-refractivity contribution in [3.63, 3.8) is 0 Å².